The molecule has 4 N–H and O–H groups in total. The topological polar surface area (TPSA) is 97.0 Å². The summed E-state index contributed by atoms with van der Waals surface area (Å²) in [6.07, 6.45) is 0.359. The van der Waals surface area contributed by atoms with E-state index < -0.39 is 12.1 Å². The number of methoxy groups -OCH3 is 1. The number of halogens is 1. The maximum Gasteiger partial charge on any atom is 0.223 e. The maximum absolute atomic E-state index is 12.4. The van der Waals surface area contributed by atoms with Crippen molar-refractivity contribution >= 4 is 17.5 Å². The van der Waals surface area contributed by atoms with Crippen LogP contribution in [-0.4, -0.2) is 67.5 Å². The van der Waals surface area contributed by atoms with E-state index in [9.17, 15) is 9.90 Å². The van der Waals surface area contributed by atoms with Crippen molar-refractivity contribution in [2.45, 2.75) is 72.2 Å². The van der Waals surface area contributed by atoms with Crippen LogP contribution in [0, 0.1) is 11.8 Å². The molecule has 33 heavy (non-hydrogen) atoms. The van der Waals surface area contributed by atoms with E-state index in [2.05, 4.69) is 24.1 Å². The first kappa shape index (κ1) is 29.7. The molecule has 1 amide bonds. The fourth-order valence-electron chi connectivity index (χ4n) is 3.65. The van der Waals surface area contributed by atoms with E-state index >= 15 is 0 Å². The maximum atomic E-state index is 12.4. The molecule has 0 aliphatic heterocycles. The lowest BCUT2D eigenvalue weighted by Gasteiger charge is -2.32. The molecule has 0 aliphatic rings. The molecule has 0 unspecified atom stereocenters. The Balaban J connectivity index is 2.80. The van der Waals surface area contributed by atoms with E-state index in [-0.39, 0.29) is 23.8 Å². The Morgan fingerprint density at radius 1 is 1.24 bits per heavy atom. The number of amides is 1. The van der Waals surface area contributed by atoms with Crippen molar-refractivity contribution in [2.75, 3.05) is 33.4 Å². The smallest absolute Gasteiger partial charge is 0.223 e. The predicted molar refractivity (Wildman–Crippen MR) is 135 cm³/mol. The molecule has 1 rings (SSSR count). The molecule has 0 spiro atoms. The van der Waals surface area contributed by atoms with Gasteiger partial charge in [-0.3, -0.25) is 9.69 Å². The lowest BCUT2D eigenvalue weighted by Crippen LogP contribution is -2.48. The first-order valence-corrected chi connectivity index (χ1v) is 12.3. The van der Waals surface area contributed by atoms with Gasteiger partial charge < -0.3 is 25.6 Å². The number of rotatable bonds is 16. The third kappa shape index (κ3) is 10.6. The lowest BCUT2D eigenvalue weighted by molar-refractivity contribution is -0.127. The summed E-state index contributed by atoms with van der Waals surface area (Å²) in [5.41, 5.74) is 7.45. The fraction of sp³-hybridized carbons (Fsp3) is 0.720. The van der Waals surface area contributed by atoms with Gasteiger partial charge in [0.2, 0.25) is 5.91 Å². The largest absolute Gasteiger partial charge is 0.492 e. The third-order valence-electron chi connectivity index (χ3n) is 5.79. The van der Waals surface area contributed by atoms with Gasteiger partial charge in [-0.05, 0) is 50.8 Å². The van der Waals surface area contributed by atoms with Crippen LogP contribution in [0.15, 0.2) is 18.2 Å². The van der Waals surface area contributed by atoms with Gasteiger partial charge in [-0.25, -0.2) is 0 Å². The predicted octanol–water partition coefficient (Wildman–Crippen LogP) is 3.45. The van der Waals surface area contributed by atoms with Crippen LogP contribution in [0.25, 0.3) is 0 Å². The number of aliphatic hydroxyl groups excluding tert-OH is 1. The van der Waals surface area contributed by atoms with Crippen LogP contribution in [0.3, 0.4) is 0 Å². The van der Waals surface area contributed by atoms with Gasteiger partial charge in [0.25, 0.3) is 0 Å². The molecule has 3 atom stereocenters. The van der Waals surface area contributed by atoms with E-state index in [0.717, 1.165) is 12.0 Å². The number of carbonyl (C=O) groups excluding carboxylic acids is 1. The van der Waals surface area contributed by atoms with Crippen molar-refractivity contribution in [1.29, 1.82) is 0 Å². The van der Waals surface area contributed by atoms with Crippen LogP contribution in [0.5, 0.6) is 5.75 Å². The van der Waals surface area contributed by atoms with Gasteiger partial charge >= 0.3 is 0 Å². The Kier molecular flexibility index (Phi) is 13.9. The average Bonchev–Trinajstić information content (AvgIpc) is 2.75. The number of hydrogen-bond donors (Lipinski definition) is 3. The molecule has 0 heterocycles. The molecular formula is C25H44ClN3O4. The average molecular weight is 486 g/mol. The molecule has 0 bridgehead atoms. The lowest BCUT2D eigenvalue weighted by atomic mass is 9.87. The summed E-state index contributed by atoms with van der Waals surface area (Å²) >= 11 is 6.30. The van der Waals surface area contributed by atoms with Crippen LogP contribution in [-0.2, 0) is 16.1 Å². The first-order chi connectivity index (χ1) is 15.6. The van der Waals surface area contributed by atoms with Crippen molar-refractivity contribution < 1.29 is 19.4 Å². The standard InChI is InChI=1S/C25H44ClN3O4/c1-7-28-25(31)20(17(2)3)14-23(30)22(27)16-29(18(4)5)15-19-9-10-21(26)24(13-19)33-12-8-11-32-6/h9-10,13,17-18,20,22-23,30H,7-8,11-12,14-16,27H2,1-6H3,(H,28,31)/t20-,22-,23-/m0/s1. The second-order valence-corrected chi connectivity index (χ2v) is 9.60. The Hall–Kier alpha value is -1.38. The van der Waals surface area contributed by atoms with E-state index in [1.54, 1.807) is 7.11 Å². The highest BCUT2D eigenvalue weighted by Gasteiger charge is 2.28. The Labute approximate surface area is 205 Å². The summed E-state index contributed by atoms with van der Waals surface area (Å²) in [5.74, 6) is 0.474. The normalized spacial score (nSPS) is 14.5. The quantitative estimate of drug-likeness (QED) is 0.310. The highest BCUT2D eigenvalue weighted by molar-refractivity contribution is 6.32. The van der Waals surface area contributed by atoms with Gasteiger partial charge in [0.1, 0.15) is 5.75 Å². The van der Waals surface area contributed by atoms with E-state index in [1.165, 1.54) is 0 Å². The van der Waals surface area contributed by atoms with Gasteiger partial charge in [-0.2, -0.15) is 0 Å². The Morgan fingerprint density at radius 2 is 1.94 bits per heavy atom. The van der Waals surface area contributed by atoms with E-state index in [4.69, 9.17) is 26.8 Å². The summed E-state index contributed by atoms with van der Waals surface area (Å²) in [6.45, 7) is 13.0. The minimum absolute atomic E-state index is 0.0290. The third-order valence-corrected chi connectivity index (χ3v) is 6.10. The summed E-state index contributed by atoms with van der Waals surface area (Å²) in [7, 11) is 1.67. The van der Waals surface area contributed by atoms with Crippen molar-refractivity contribution in [3.63, 3.8) is 0 Å². The minimum Gasteiger partial charge on any atom is -0.492 e. The summed E-state index contributed by atoms with van der Waals surface area (Å²) in [5, 5.41) is 14.2. The second kappa shape index (κ2) is 15.5. The molecule has 190 valence electrons. The van der Waals surface area contributed by atoms with Gasteiger partial charge in [0.15, 0.2) is 0 Å². The van der Waals surface area contributed by atoms with Crippen LogP contribution in [0.4, 0.5) is 0 Å². The zero-order valence-electron chi connectivity index (χ0n) is 21.1. The number of nitrogens with zero attached hydrogens (tertiary/aromatic N) is 1. The number of benzene rings is 1. The Morgan fingerprint density at radius 3 is 2.52 bits per heavy atom. The number of nitrogens with one attached hydrogen (secondary N) is 1. The molecule has 1 aromatic carbocycles. The molecule has 0 radical (unpaired) electrons. The zero-order valence-corrected chi connectivity index (χ0v) is 21.9. The summed E-state index contributed by atoms with van der Waals surface area (Å²) < 4.78 is 10.9. The molecule has 1 aromatic rings. The fourth-order valence-corrected chi connectivity index (χ4v) is 3.82. The van der Waals surface area contributed by atoms with Gasteiger partial charge in [-0.15, -0.1) is 0 Å². The van der Waals surface area contributed by atoms with E-state index in [0.29, 0.717) is 50.0 Å². The minimum atomic E-state index is -0.772. The van der Waals surface area contributed by atoms with Gasteiger partial charge in [0.05, 0.1) is 17.7 Å². The van der Waals surface area contributed by atoms with Crippen LogP contribution >= 0.6 is 11.6 Å². The molecule has 0 aliphatic carbocycles. The van der Waals surface area contributed by atoms with E-state index in [1.807, 2.05) is 39.0 Å². The monoisotopic (exact) mass is 485 g/mol. The number of aliphatic hydroxyl groups is 1. The van der Waals surface area contributed by atoms with Crippen molar-refractivity contribution in [1.82, 2.24) is 10.2 Å². The first-order valence-electron chi connectivity index (χ1n) is 12.0. The number of hydrogen-bond acceptors (Lipinski definition) is 6. The highest BCUT2D eigenvalue weighted by atomic mass is 35.5. The van der Waals surface area contributed by atoms with Crippen molar-refractivity contribution in [2.24, 2.45) is 17.6 Å². The van der Waals surface area contributed by atoms with Crippen molar-refractivity contribution in [3.8, 4) is 5.75 Å². The molecular weight excluding hydrogens is 442 g/mol. The molecule has 0 saturated carbocycles. The van der Waals surface area contributed by atoms with Crippen LogP contribution < -0.4 is 15.8 Å². The number of carbonyl (C=O) groups is 1. The van der Waals surface area contributed by atoms with Crippen molar-refractivity contribution in [3.05, 3.63) is 28.8 Å². The van der Waals surface area contributed by atoms with Gasteiger partial charge in [-0.1, -0.05) is 31.5 Å². The highest BCUT2D eigenvalue weighted by Crippen LogP contribution is 2.27. The molecule has 0 fully saturated rings. The number of ether oxygens (including phenoxy) is 2. The Bertz CT molecular complexity index is 702. The summed E-state index contributed by atoms with van der Waals surface area (Å²) in [6, 6.07) is 5.52. The molecule has 0 aromatic heterocycles. The molecule has 7 nitrogen and oxygen atoms in total. The summed E-state index contributed by atoms with van der Waals surface area (Å²) in [4.78, 5) is 14.6. The molecule has 8 heteroatoms. The molecule has 0 saturated heterocycles. The zero-order chi connectivity index (χ0) is 25.0. The number of nitrogens with two attached hydrogens (primary N) is 1. The van der Waals surface area contributed by atoms with Gasteiger partial charge in [0, 0.05) is 57.8 Å². The van der Waals surface area contributed by atoms with Crippen LogP contribution in [0.2, 0.25) is 5.02 Å². The second-order valence-electron chi connectivity index (χ2n) is 9.19. The SMILES string of the molecule is CCNC(=O)[C@@H](C[C@H](O)[C@@H](N)CN(Cc1ccc(Cl)c(OCCCOC)c1)C(C)C)C(C)C. The van der Waals surface area contributed by atoms with Crippen LogP contribution in [0.1, 0.15) is 53.0 Å².